The number of aliphatic hydroxyl groups is 1. The summed E-state index contributed by atoms with van der Waals surface area (Å²) in [5.41, 5.74) is 0. The molecule has 1 fully saturated rings. The van der Waals surface area contributed by atoms with Crippen LogP contribution < -0.4 is 15.3 Å². The van der Waals surface area contributed by atoms with Crippen molar-refractivity contribution in [3.05, 3.63) is 0 Å². The second-order valence-electron chi connectivity index (χ2n) is 9.91. The average molecular weight is 686 g/mol. The number of carboxylic acids is 3. The Hall–Kier alpha value is -0.505. The number of carbonyl (C=O) groups excluding carboxylic acids is 3. The molecule has 0 amide bonds. The van der Waals surface area contributed by atoms with Gasteiger partial charge in [0.2, 0.25) is 0 Å². The van der Waals surface area contributed by atoms with Crippen molar-refractivity contribution in [2.24, 2.45) is 0 Å². The molecule has 0 aliphatic carbocycles. The molecule has 12 nitrogen and oxygen atoms in total. The van der Waals surface area contributed by atoms with Gasteiger partial charge in [-0.15, -0.1) is 0 Å². The van der Waals surface area contributed by atoms with Crippen LogP contribution in [0.4, 0.5) is 0 Å². The summed E-state index contributed by atoms with van der Waals surface area (Å²) < 4.78 is 0. The molecule has 0 aromatic rings. The number of carbonyl (C=O) groups is 3. The topological polar surface area (TPSA) is 157 Å². The van der Waals surface area contributed by atoms with Gasteiger partial charge in [0.15, 0.2) is 0 Å². The first-order valence-corrected chi connectivity index (χ1v) is 13.5. The summed E-state index contributed by atoms with van der Waals surface area (Å²) in [7, 11) is 0. The summed E-state index contributed by atoms with van der Waals surface area (Å²) >= 11 is 0. The van der Waals surface area contributed by atoms with E-state index in [2.05, 4.69) is 18.7 Å². The molecule has 0 aromatic carbocycles. The summed E-state index contributed by atoms with van der Waals surface area (Å²) in [6.07, 6.45) is 3.67. The van der Waals surface area contributed by atoms with Gasteiger partial charge in [0.05, 0.1) is 24.0 Å². The van der Waals surface area contributed by atoms with E-state index in [9.17, 15) is 34.8 Å². The Morgan fingerprint density at radius 2 is 1.00 bits per heavy atom. The summed E-state index contributed by atoms with van der Waals surface area (Å²) in [6, 6.07) is 0. The number of aliphatic hydroxyl groups excluding tert-OH is 1. The number of aliphatic carboxylic acids is 3. The monoisotopic (exact) mass is 686 g/mol. The minimum atomic E-state index is -1.25. The van der Waals surface area contributed by atoms with E-state index in [-0.39, 0.29) is 72.7 Å². The van der Waals surface area contributed by atoms with Crippen molar-refractivity contribution in [1.29, 1.82) is 0 Å². The summed E-state index contributed by atoms with van der Waals surface area (Å²) in [4.78, 5) is 43.1. The van der Waals surface area contributed by atoms with Crippen molar-refractivity contribution in [3.63, 3.8) is 0 Å². The zero-order chi connectivity index (χ0) is 27.6. The van der Waals surface area contributed by atoms with Crippen molar-refractivity contribution >= 4 is 17.9 Å². The molecule has 0 spiro atoms. The quantitative estimate of drug-likeness (QED) is 0.167. The van der Waals surface area contributed by atoms with Crippen LogP contribution in [-0.4, -0.2) is 152 Å². The van der Waals surface area contributed by atoms with Gasteiger partial charge in [0.1, 0.15) is 0 Å². The standard InChI is InChI=1S/C25H49N5O7.Gd/c1-3-5-7-26(8-6-4-2)17-22(31)18-27-9-11-28(19-23(32)33)13-15-30(21-25(36)37)16-14-29(12-10-27)20-24(34)35;/h22,31H,3-21H2,1-2H3,(H,32,33)(H,34,35)(H,36,37);/q;+3/p-3. The van der Waals surface area contributed by atoms with Gasteiger partial charge in [0, 0.05) is 85.1 Å². The number of nitrogens with zero attached hydrogens (tertiary/aromatic N) is 5. The van der Waals surface area contributed by atoms with E-state index in [0.717, 1.165) is 38.8 Å². The molecule has 1 aliphatic heterocycles. The van der Waals surface area contributed by atoms with Crippen molar-refractivity contribution in [3.8, 4) is 0 Å². The molecule has 1 atom stereocenters. The van der Waals surface area contributed by atoms with Gasteiger partial charge in [-0.05, 0) is 25.9 Å². The first-order chi connectivity index (χ1) is 17.6. The molecule has 1 unspecified atom stereocenters. The Kier molecular flexibility index (Phi) is 21.9. The maximum atomic E-state index is 11.3. The van der Waals surface area contributed by atoms with E-state index in [1.54, 1.807) is 14.7 Å². The molecule has 38 heavy (non-hydrogen) atoms. The maximum absolute atomic E-state index is 11.3. The Morgan fingerprint density at radius 3 is 1.29 bits per heavy atom. The van der Waals surface area contributed by atoms with Crippen LogP contribution in [0.5, 0.6) is 0 Å². The van der Waals surface area contributed by atoms with Crippen molar-refractivity contribution in [1.82, 2.24) is 24.5 Å². The normalized spacial score (nSPS) is 18.3. The Labute approximate surface area is 259 Å². The average Bonchev–Trinajstić information content (AvgIpc) is 2.81. The van der Waals surface area contributed by atoms with Gasteiger partial charge in [0.25, 0.3) is 0 Å². The van der Waals surface area contributed by atoms with Crippen molar-refractivity contribution in [2.45, 2.75) is 45.6 Å². The van der Waals surface area contributed by atoms with Crippen LogP contribution in [0.3, 0.4) is 0 Å². The maximum Gasteiger partial charge on any atom is 3.00 e. The van der Waals surface area contributed by atoms with Gasteiger partial charge in [-0.2, -0.15) is 0 Å². The minimum absolute atomic E-state index is 0. The van der Waals surface area contributed by atoms with E-state index in [0.29, 0.717) is 52.4 Å². The third-order valence-corrected chi connectivity index (χ3v) is 6.58. The number of β-amino-alcohol motifs (C(OH)–C–C–N with tert-alkyl or cyclic N) is 1. The molecule has 1 saturated heterocycles. The van der Waals surface area contributed by atoms with Gasteiger partial charge >= 0.3 is 39.9 Å². The zero-order valence-corrected chi connectivity index (χ0v) is 25.3. The van der Waals surface area contributed by atoms with E-state index in [1.807, 2.05) is 4.90 Å². The Morgan fingerprint density at radius 1 is 0.684 bits per heavy atom. The third-order valence-electron chi connectivity index (χ3n) is 6.58. The largest absolute Gasteiger partial charge is 3.00 e. The molecule has 0 bridgehead atoms. The second-order valence-corrected chi connectivity index (χ2v) is 9.91. The van der Waals surface area contributed by atoms with Crippen molar-refractivity contribution in [2.75, 3.05) is 98.2 Å². The van der Waals surface area contributed by atoms with Crippen LogP contribution in [0.2, 0.25) is 0 Å². The van der Waals surface area contributed by atoms with Gasteiger partial charge in [-0.1, -0.05) is 26.7 Å². The van der Waals surface area contributed by atoms with Crippen LogP contribution in [0.15, 0.2) is 0 Å². The van der Waals surface area contributed by atoms with Crippen LogP contribution in [0, 0.1) is 39.9 Å². The zero-order valence-electron chi connectivity index (χ0n) is 23.0. The van der Waals surface area contributed by atoms with E-state index in [4.69, 9.17) is 0 Å². The van der Waals surface area contributed by atoms with Crippen LogP contribution >= 0.6 is 0 Å². The van der Waals surface area contributed by atoms with E-state index < -0.39 is 24.0 Å². The summed E-state index contributed by atoms with van der Waals surface area (Å²) in [6.45, 7) is 9.03. The summed E-state index contributed by atoms with van der Waals surface area (Å²) in [5.74, 6) is -3.68. The number of rotatable bonds is 16. The predicted molar refractivity (Wildman–Crippen MR) is 133 cm³/mol. The molecular formula is C25H46GdN5O7. The van der Waals surface area contributed by atoms with Crippen LogP contribution in [-0.2, 0) is 14.4 Å². The summed E-state index contributed by atoms with van der Waals surface area (Å²) in [5, 5.41) is 44.7. The van der Waals surface area contributed by atoms with E-state index in [1.165, 1.54) is 0 Å². The minimum Gasteiger partial charge on any atom is -0.549 e. The molecule has 13 heteroatoms. The number of hydrogen-bond donors (Lipinski definition) is 1. The van der Waals surface area contributed by atoms with Gasteiger partial charge in [-0.3, -0.25) is 19.6 Å². The molecule has 0 aromatic heterocycles. The molecule has 1 radical (unpaired) electrons. The second kappa shape index (κ2) is 22.2. The fourth-order valence-corrected chi connectivity index (χ4v) is 4.49. The van der Waals surface area contributed by atoms with Crippen LogP contribution in [0.1, 0.15) is 39.5 Å². The number of hydrogen-bond acceptors (Lipinski definition) is 12. The molecule has 1 heterocycles. The molecule has 1 rings (SSSR count). The van der Waals surface area contributed by atoms with Crippen LogP contribution in [0.25, 0.3) is 0 Å². The fraction of sp³-hybridized carbons (Fsp3) is 0.880. The van der Waals surface area contributed by atoms with Crippen molar-refractivity contribution < 1.29 is 74.8 Å². The van der Waals surface area contributed by atoms with Gasteiger partial charge in [-0.25, -0.2) is 0 Å². The number of carboxylic acid groups (broad SMARTS) is 3. The van der Waals surface area contributed by atoms with Gasteiger partial charge < -0.3 is 39.7 Å². The Balaban J connectivity index is 0.0000137. The first-order valence-electron chi connectivity index (χ1n) is 13.5. The van der Waals surface area contributed by atoms with E-state index >= 15 is 0 Å². The molecule has 1 N–H and O–H groups in total. The molecule has 0 saturated carbocycles. The smallest absolute Gasteiger partial charge is 0.549 e. The first kappa shape index (κ1) is 37.5. The predicted octanol–water partition coefficient (Wildman–Crippen LogP) is -4.28. The SMILES string of the molecule is CCCCN(CCCC)CC(O)CN1CCN(CC(=O)[O-])CCN(CC(=O)[O-])CCN(CC(=O)[O-])CC1.[Gd+3]. The Bertz CT molecular complexity index is 636. The fourth-order valence-electron chi connectivity index (χ4n) is 4.49. The molecule has 221 valence electrons. The third kappa shape index (κ3) is 18.7. The molecule has 1 aliphatic rings. The molecular weight excluding hydrogens is 640 g/mol. The number of unbranched alkanes of at least 4 members (excludes halogenated alkanes) is 2.